The van der Waals surface area contributed by atoms with Crippen LogP contribution < -0.4 is 0 Å². The van der Waals surface area contributed by atoms with Gasteiger partial charge in [-0.05, 0) is 43.4 Å². The summed E-state index contributed by atoms with van der Waals surface area (Å²) in [6.45, 7) is 0. The Labute approximate surface area is 122 Å². The van der Waals surface area contributed by atoms with Gasteiger partial charge in [0.1, 0.15) is 5.52 Å². The molecule has 4 rings (SSSR count). The summed E-state index contributed by atoms with van der Waals surface area (Å²) in [6.07, 6.45) is 4.20. The van der Waals surface area contributed by atoms with Crippen LogP contribution in [0.4, 0.5) is 0 Å². The molecule has 2 aromatic rings. The Morgan fingerprint density at radius 2 is 1.95 bits per heavy atom. The summed E-state index contributed by atoms with van der Waals surface area (Å²) in [5.74, 6) is 0. The molecule has 1 aromatic carbocycles. The molecule has 0 aliphatic carbocycles. The van der Waals surface area contributed by atoms with Crippen molar-refractivity contribution in [3.63, 3.8) is 0 Å². The van der Waals surface area contributed by atoms with Gasteiger partial charge < -0.3 is 9.52 Å². The van der Waals surface area contributed by atoms with E-state index in [2.05, 4.69) is 4.98 Å². The Morgan fingerprint density at radius 1 is 1.24 bits per heavy atom. The van der Waals surface area contributed by atoms with E-state index in [0.717, 1.165) is 12.0 Å². The monoisotopic (exact) mass is 307 g/mol. The summed E-state index contributed by atoms with van der Waals surface area (Å²) >= 11 is 0. The zero-order valence-electron chi connectivity index (χ0n) is 11.5. The second-order valence-corrected chi connectivity index (χ2v) is 8.75. The van der Waals surface area contributed by atoms with Gasteiger partial charge in [-0.2, -0.15) is 0 Å². The number of hydrogen-bond donors (Lipinski definition) is 1. The van der Waals surface area contributed by atoms with Crippen LogP contribution in [0.5, 0.6) is 0 Å². The Balaban J connectivity index is 1.77. The van der Waals surface area contributed by atoms with Gasteiger partial charge >= 0.3 is 0 Å². The van der Waals surface area contributed by atoms with Crippen molar-refractivity contribution in [3.8, 4) is 0 Å². The van der Waals surface area contributed by atoms with Gasteiger partial charge in [0.25, 0.3) is 0 Å². The molecule has 0 saturated carbocycles. The first kappa shape index (κ1) is 13.3. The number of sulfone groups is 1. The average Bonchev–Trinajstić information content (AvgIpc) is 2.88. The molecule has 1 N–H and O–H groups in total. The number of rotatable bonds is 1. The highest BCUT2D eigenvalue weighted by atomic mass is 32.2. The smallest absolute Gasteiger partial charge is 0.181 e. The summed E-state index contributed by atoms with van der Waals surface area (Å²) in [4.78, 5) is 4.11. The lowest BCUT2D eigenvalue weighted by molar-refractivity contribution is 0.00511. The third kappa shape index (κ3) is 1.92. The minimum absolute atomic E-state index is 0.287. The predicted molar refractivity (Wildman–Crippen MR) is 77.5 cm³/mol. The first-order valence-corrected chi connectivity index (χ1v) is 8.89. The normalized spacial score (nSPS) is 34.9. The molecule has 2 saturated heterocycles. The molecule has 2 bridgehead atoms. The van der Waals surface area contributed by atoms with Gasteiger partial charge in [-0.25, -0.2) is 13.4 Å². The lowest BCUT2D eigenvalue weighted by Crippen LogP contribution is -2.50. The van der Waals surface area contributed by atoms with Crippen molar-refractivity contribution in [1.82, 2.24) is 4.98 Å². The highest BCUT2D eigenvalue weighted by Crippen LogP contribution is 2.46. The summed E-state index contributed by atoms with van der Waals surface area (Å²) < 4.78 is 29.9. The average molecular weight is 307 g/mol. The van der Waals surface area contributed by atoms with Gasteiger partial charge in [0.15, 0.2) is 21.8 Å². The van der Waals surface area contributed by atoms with Gasteiger partial charge in [-0.3, -0.25) is 0 Å². The number of fused-ring (bicyclic) bond motifs is 3. The standard InChI is InChI=1S/C15H17NO4S/c17-15(10-4-5-14-13(6-10)16-9-20-14)7-11-2-1-3-12(8-15)21(11,18)19/h4-6,9,11-12,17H,1-3,7-8H2. The molecular formula is C15H17NO4S. The van der Waals surface area contributed by atoms with Gasteiger partial charge in [0.05, 0.1) is 16.1 Å². The molecule has 1 aromatic heterocycles. The zero-order valence-corrected chi connectivity index (χ0v) is 12.3. The minimum Gasteiger partial charge on any atom is -0.443 e. The molecule has 0 amide bonds. The summed E-state index contributed by atoms with van der Waals surface area (Å²) in [5.41, 5.74) is 1.04. The first-order valence-electron chi connectivity index (χ1n) is 7.28. The molecule has 2 aliphatic heterocycles. The van der Waals surface area contributed by atoms with Crippen molar-refractivity contribution >= 4 is 20.9 Å². The van der Waals surface area contributed by atoms with E-state index in [-0.39, 0.29) is 12.8 Å². The van der Waals surface area contributed by atoms with Crippen LogP contribution >= 0.6 is 0 Å². The van der Waals surface area contributed by atoms with E-state index >= 15 is 0 Å². The Hall–Kier alpha value is -1.40. The molecule has 0 spiro atoms. The second-order valence-electron chi connectivity index (χ2n) is 6.24. The van der Waals surface area contributed by atoms with E-state index in [1.165, 1.54) is 6.39 Å². The Morgan fingerprint density at radius 3 is 2.67 bits per heavy atom. The number of benzene rings is 1. The van der Waals surface area contributed by atoms with Crippen LogP contribution in [-0.4, -0.2) is 29.0 Å². The second kappa shape index (κ2) is 4.30. The molecule has 3 heterocycles. The van der Waals surface area contributed by atoms with Gasteiger partial charge in [0.2, 0.25) is 0 Å². The lowest BCUT2D eigenvalue weighted by Gasteiger charge is -2.44. The molecule has 0 radical (unpaired) electrons. The number of oxazole rings is 1. The zero-order chi connectivity index (χ0) is 14.7. The number of aliphatic hydroxyl groups is 1. The highest BCUT2D eigenvalue weighted by Gasteiger charge is 2.50. The van der Waals surface area contributed by atoms with Gasteiger partial charge in [-0.1, -0.05) is 12.5 Å². The van der Waals surface area contributed by atoms with Crippen molar-refractivity contribution in [2.75, 3.05) is 0 Å². The third-order valence-corrected chi connectivity index (χ3v) is 7.64. The Kier molecular flexibility index (Phi) is 2.72. The highest BCUT2D eigenvalue weighted by molar-refractivity contribution is 7.92. The lowest BCUT2D eigenvalue weighted by atomic mass is 9.80. The van der Waals surface area contributed by atoms with Crippen LogP contribution in [0.25, 0.3) is 11.1 Å². The summed E-state index contributed by atoms with van der Waals surface area (Å²) in [5, 5.41) is 10.2. The van der Waals surface area contributed by atoms with Crippen molar-refractivity contribution in [3.05, 3.63) is 30.2 Å². The van der Waals surface area contributed by atoms with E-state index in [0.29, 0.717) is 23.9 Å². The first-order chi connectivity index (χ1) is 9.99. The van der Waals surface area contributed by atoms with Crippen molar-refractivity contribution in [2.24, 2.45) is 0 Å². The topological polar surface area (TPSA) is 80.4 Å². The maximum absolute atomic E-state index is 12.3. The minimum atomic E-state index is -3.07. The largest absolute Gasteiger partial charge is 0.443 e. The van der Waals surface area contributed by atoms with E-state index in [1.54, 1.807) is 6.07 Å². The number of aromatic nitrogens is 1. The van der Waals surface area contributed by atoms with E-state index in [1.807, 2.05) is 12.1 Å². The summed E-state index contributed by atoms with van der Waals surface area (Å²) in [6, 6.07) is 5.42. The Bertz CT molecular complexity index is 775. The maximum atomic E-state index is 12.3. The molecule has 21 heavy (non-hydrogen) atoms. The molecule has 2 fully saturated rings. The van der Waals surface area contributed by atoms with Crippen molar-refractivity contribution in [2.45, 2.75) is 48.2 Å². The van der Waals surface area contributed by atoms with Crippen LogP contribution in [0.15, 0.2) is 29.0 Å². The van der Waals surface area contributed by atoms with Crippen LogP contribution in [0.1, 0.15) is 37.7 Å². The van der Waals surface area contributed by atoms with E-state index in [9.17, 15) is 13.5 Å². The fraction of sp³-hybridized carbons (Fsp3) is 0.533. The quantitative estimate of drug-likeness (QED) is 0.873. The van der Waals surface area contributed by atoms with Gasteiger partial charge in [0, 0.05) is 0 Å². The molecule has 2 atom stereocenters. The number of nitrogens with zero attached hydrogens (tertiary/aromatic N) is 1. The molecule has 2 unspecified atom stereocenters. The third-order valence-electron chi connectivity index (χ3n) is 4.98. The predicted octanol–water partition coefficient (Wildman–Crippen LogP) is 2.15. The van der Waals surface area contributed by atoms with E-state index in [4.69, 9.17) is 4.42 Å². The molecule has 2 aliphatic rings. The molecule has 6 heteroatoms. The van der Waals surface area contributed by atoms with Crippen LogP contribution in [0, 0.1) is 0 Å². The van der Waals surface area contributed by atoms with E-state index < -0.39 is 25.9 Å². The van der Waals surface area contributed by atoms with Crippen LogP contribution in [0.3, 0.4) is 0 Å². The fourth-order valence-electron chi connectivity index (χ4n) is 3.83. The number of hydrogen-bond acceptors (Lipinski definition) is 5. The van der Waals surface area contributed by atoms with Crippen LogP contribution in [-0.2, 0) is 15.4 Å². The van der Waals surface area contributed by atoms with Gasteiger partial charge in [-0.15, -0.1) is 0 Å². The molecule has 5 nitrogen and oxygen atoms in total. The maximum Gasteiger partial charge on any atom is 0.181 e. The summed E-state index contributed by atoms with van der Waals surface area (Å²) in [7, 11) is -3.07. The SMILES string of the molecule is O=S1(=O)C2CCCC1CC(O)(c1ccc3ocnc3c1)C2. The molecular weight excluding hydrogens is 290 g/mol. The fourth-order valence-corrected chi connectivity index (χ4v) is 6.38. The van der Waals surface area contributed by atoms with Crippen molar-refractivity contribution < 1.29 is 17.9 Å². The van der Waals surface area contributed by atoms with Crippen molar-refractivity contribution in [1.29, 1.82) is 0 Å². The molecule has 112 valence electrons. The van der Waals surface area contributed by atoms with Crippen LogP contribution in [0.2, 0.25) is 0 Å².